The van der Waals surface area contributed by atoms with Crippen LogP contribution in [0.2, 0.25) is 0 Å². The molecule has 0 aliphatic rings. The third kappa shape index (κ3) is 5.13. The smallest absolute Gasteiger partial charge is 0.419 e. The van der Waals surface area contributed by atoms with E-state index in [1.54, 1.807) is 0 Å². The van der Waals surface area contributed by atoms with Crippen LogP contribution < -0.4 is 10.5 Å². The van der Waals surface area contributed by atoms with Gasteiger partial charge in [-0.05, 0) is 41.8 Å². The van der Waals surface area contributed by atoms with E-state index in [2.05, 4.69) is 4.98 Å². The summed E-state index contributed by atoms with van der Waals surface area (Å²) in [5.74, 6) is -0.159. The number of hydrogen-bond acceptors (Lipinski definition) is 5. The highest BCUT2D eigenvalue weighted by atomic mass is 19.4. The van der Waals surface area contributed by atoms with E-state index in [1.807, 2.05) is 54.6 Å². The van der Waals surface area contributed by atoms with Crippen molar-refractivity contribution < 1.29 is 27.4 Å². The van der Waals surface area contributed by atoms with Crippen molar-refractivity contribution in [2.24, 2.45) is 5.73 Å². The molecule has 4 aromatic rings. The van der Waals surface area contributed by atoms with Gasteiger partial charge in [0.05, 0.1) is 18.4 Å². The number of ether oxygens (including phenoxy) is 1. The van der Waals surface area contributed by atoms with Crippen molar-refractivity contribution in [1.29, 1.82) is 0 Å². The first kappa shape index (κ1) is 23.5. The molecule has 0 aliphatic carbocycles. The molecule has 0 bridgehead atoms. The molecule has 0 radical (unpaired) electrons. The van der Waals surface area contributed by atoms with Crippen LogP contribution in [0.25, 0.3) is 22.5 Å². The van der Waals surface area contributed by atoms with Crippen molar-refractivity contribution in [3.8, 4) is 28.2 Å². The van der Waals surface area contributed by atoms with Gasteiger partial charge in [0.15, 0.2) is 5.76 Å². The van der Waals surface area contributed by atoms with Crippen molar-refractivity contribution >= 4 is 0 Å². The van der Waals surface area contributed by atoms with Crippen LogP contribution in [0.4, 0.5) is 13.2 Å². The third-order valence-electron chi connectivity index (χ3n) is 5.35. The van der Waals surface area contributed by atoms with Gasteiger partial charge in [-0.2, -0.15) is 13.2 Å². The van der Waals surface area contributed by atoms with Gasteiger partial charge in [-0.3, -0.25) is 0 Å². The molecule has 0 aliphatic heterocycles. The predicted molar refractivity (Wildman–Crippen MR) is 122 cm³/mol. The van der Waals surface area contributed by atoms with Crippen LogP contribution in [-0.2, 0) is 18.3 Å². The molecule has 176 valence electrons. The van der Waals surface area contributed by atoms with E-state index in [0.717, 1.165) is 22.8 Å². The molecule has 1 heterocycles. The van der Waals surface area contributed by atoms with Crippen molar-refractivity contribution in [3.05, 3.63) is 96.0 Å². The van der Waals surface area contributed by atoms with Gasteiger partial charge in [0.25, 0.3) is 0 Å². The first-order chi connectivity index (χ1) is 16.2. The Labute approximate surface area is 194 Å². The second kappa shape index (κ2) is 9.32. The summed E-state index contributed by atoms with van der Waals surface area (Å²) in [7, 11) is 0. The molecule has 3 aromatic carbocycles. The number of benzene rings is 3. The zero-order valence-corrected chi connectivity index (χ0v) is 18.3. The highest BCUT2D eigenvalue weighted by Crippen LogP contribution is 2.39. The number of halogens is 3. The zero-order chi connectivity index (χ0) is 24.3. The summed E-state index contributed by atoms with van der Waals surface area (Å²) >= 11 is 0. The molecule has 0 fully saturated rings. The monoisotopic (exact) mass is 468 g/mol. The number of oxazole rings is 1. The quantitative estimate of drug-likeness (QED) is 0.360. The Bertz CT molecular complexity index is 1250. The largest absolute Gasteiger partial charge is 0.488 e. The Balaban J connectivity index is 1.54. The standard InChI is InChI=1S/C26H23F3N2O3/c1-25(30,16-32)24-31-14-23(34-24)20-11-12-22(21(13-20)26(27,28)29)33-15-17-7-9-19(10-8-17)18-5-3-2-4-6-18/h2-14,32H,15-16,30H2,1H3/t25-/m0/s1. The summed E-state index contributed by atoms with van der Waals surface area (Å²) in [6, 6.07) is 20.9. The maximum Gasteiger partial charge on any atom is 0.419 e. The third-order valence-corrected chi connectivity index (χ3v) is 5.35. The van der Waals surface area contributed by atoms with Gasteiger partial charge >= 0.3 is 6.18 Å². The van der Waals surface area contributed by atoms with Gasteiger partial charge in [0, 0.05) is 5.56 Å². The van der Waals surface area contributed by atoms with Crippen LogP contribution in [-0.4, -0.2) is 16.7 Å². The average molecular weight is 468 g/mol. The number of hydrogen-bond donors (Lipinski definition) is 2. The number of nitrogens with two attached hydrogens (primary N) is 1. The minimum Gasteiger partial charge on any atom is -0.488 e. The second-order valence-corrected chi connectivity index (χ2v) is 8.17. The lowest BCUT2D eigenvalue weighted by Crippen LogP contribution is -2.37. The first-order valence-corrected chi connectivity index (χ1v) is 10.5. The Morgan fingerprint density at radius 2 is 1.59 bits per heavy atom. The van der Waals surface area contributed by atoms with Gasteiger partial charge in [-0.15, -0.1) is 0 Å². The Morgan fingerprint density at radius 1 is 0.941 bits per heavy atom. The van der Waals surface area contributed by atoms with Gasteiger partial charge in [0.2, 0.25) is 5.89 Å². The Morgan fingerprint density at radius 3 is 2.24 bits per heavy atom. The topological polar surface area (TPSA) is 81.5 Å². The molecule has 3 N–H and O–H groups in total. The van der Waals surface area contributed by atoms with E-state index < -0.39 is 23.9 Å². The van der Waals surface area contributed by atoms with Crippen LogP contribution in [0.5, 0.6) is 5.75 Å². The van der Waals surface area contributed by atoms with E-state index in [-0.39, 0.29) is 29.6 Å². The van der Waals surface area contributed by atoms with E-state index >= 15 is 0 Å². The highest BCUT2D eigenvalue weighted by Gasteiger charge is 2.35. The average Bonchev–Trinajstić information content (AvgIpc) is 3.34. The molecule has 0 unspecified atom stereocenters. The number of nitrogens with zero attached hydrogens (tertiary/aromatic N) is 1. The zero-order valence-electron chi connectivity index (χ0n) is 18.3. The summed E-state index contributed by atoms with van der Waals surface area (Å²) in [5.41, 5.74) is 6.67. The maximum absolute atomic E-state index is 13.8. The van der Waals surface area contributed by atoms with Crippen LogP contribution in [0.1, 0.15) is 23.9 Å². The maximum atomic E-state index is 13.8. The van der Waals surface area contributed by atoms with Crippen molar-refractivity contribution in [3.63, 3.8) is 0 Å². The van der Waals surface area contributed by atoms with E-state index in [9.17, 15) is 18.3 Å². The normalized spacial score (nSPS) is 13.5. The lowest BCUT2D eigenvalue weighted by atomic mass is 10.0. The number of aliphatic hydroxyl groups excluding tert-OH is 1. The molecule has 0 saturated carbocycles. The summed E-state index contributed by atoms with van der Waals surface area (Å²) in [4.78, 5) is 3.99. The van der Waals surface area contributed by atoms with Gasteiger partial charge in [0.1, 0.15) is 17.9 Å². The fraction of sp³-hybridized carbons (Fsp3) is 0.192. The molecule has 0 spiro atoms. The summed E-state index contributed by atoms with van der Waals surface area (Å²) in [6.45, 7) is 1.05. The Kier molecular flexibility index (Phi) is 6.45. The summed E-state index contributed by atoms with van der Waals surface area (Å²) in [6.07, 6.45) is -3.36. The fourth-order valence-corrected chi connectivity index (χ4v) is 3.35. The van der Waals surface area contributed by atoms with Crippen molar-refractivity contribution in [2.45, 2.75) is 25.2 Å². The van der Waals surface area contributed by atoms with Gasteiger partial charge in [-0.1, -0.05) is 54.6 Å². The predicted octanol–water partition coefficient (Wildman–Crippen LogP) is 5.77. The second-order valence-electron chi connectivity index (χ2n) is 8.17. The van der Waals surface area contributed by atoms with E-state index in [4.69, 9.17) is 14.9 Å². The van der Waals surface area contributed by atoms with Crippen LogP contribution in [0, 0.1) is 0 Å². The molecule has 34 heavy (non-hydrogen) atoms. The lowest BCUT2D eigenvalue weighted by Gasteiger charge is -2.17. The van der Waals surface area contributed by atoms with Gasteiger partial charge < -0.3 is 20.0 Å². The molecular weight excluding hydrogens is 445 g/mol. The minimum absolute atomic E-state index is 0.0218. The summed E-state index contributed by atoms with van der Waals surface area (Å²) < 4.78 is 52.4. The number of rotatable bonds is 7. The molecule has 1 aromatic heterocycles. The van der Waals surface area contributed by atoms with Gasteiger partial charge in [-0.25, -0.2) is 4.98 Å². The summed E-state index contributed by atoms with van der Waals surface area (Å²) in [5, 5.41) is 9.35. The van der Waals surface area contributed by atoms with Crippen molar-refractivity contribution in [2.75, 3.05) is 6.61 Å². The molecule has 5 nitrogen and oxygen atoms in total. The number of alkyl halides is 3. The minimum atomic E-state index is -4.64. The molecule has 4 rings (SSSR count). The fourth-order valence-electron chi connectivity index (χ4n) is 3.35. The van der Waals surface area contributed by atoms with Crippen molar-refractivity contribution in [1.82, 2.24) is 4.98 Å². The van der Waals surface area contributed by atoms with E-state index in [1.165, 1.54) is 25.3 Å². The number of aromatic nitrogens is 1. The highest BCUT2D eigenvalue weighted by molar-refractivity contribution is 5.63. The Hall–Kier alpha value is -3.62. The molecular formula is C26H23F3N2O3. The number of aliphatic hydroxyl groups is 1. The molecule has 0 amide bonds. The van der Waals surface area contributed by atoms with Crippen LogP contribution in [0.3, 0.4) is 0 Å². The van der Waals surface area contributed by atoms with Crippen LogP contribution in [0.15, 0.2) is 83.4 Å². The first-order valence-electron chi connectivity index (χ1n) is 10.5. The molecule has 8 heteroatoms. The SMILES string of the molecule is C[C@](N)(CO)c1ncc(-c2ccc(OCc3ccc(-c4ccccc4)cc3)c(C(F)(F)F)c2)o1. The molecule has 1 atom stereocenters. The van der Waals surface area contributed by atoms with Crippen LogP contribution >= 0.6 is 0 Å². The lowest BCUT2D eigenvalue weighted by molar-refractivity contribution is -0.139. The van der Waals surface area contributed by atoms with E-state index in [0.29, 0.717) is 0 Å². The molecule has 0 saturated heterocycles.